The van der Waals surface area contributed by atoms with Crippen molar-refractivity contribution in [1.29, 1.82) is 0 Å². The van der Waals surface area contributed by atoms with Gasteiger partial charge in [0.05, 0.1) is 11.9 Å². The van der Waals surface area contributed by atoms with E-state index in [4.69, 9.17) is 0 Å². The van der Waals surface area contributed by atoms with Gasteiger partial charge < -0.3 is 9.80 Å². The molecule has 0 radical (unpaired) electrons. The highest BCUT2D eigenvalue weighted by Crippen LogP contribution is 2.25. The van der Waals surface area contributed by atoms with E-state index in [0.717, 1.165) is 30.6 Å². The van der Waals surface area contributed by atoms with Gasteiger partial charge in [0.15, 0.2) is 5.65 Å². The molecule has 0 saturated carbocycles. The second kappa shape index (κ2) is 4.74. The summed E-state index contributed by atoms with van der Waals surface area (Å²) in [5.74, 6) is 0.832. The van der Waals surface area contributed by atoms with Gasteiger partial charge in [0.1, 0.15) is 5.82 Å². The van der Waals surface area contributed by atoms with Crippen molar-refractivity contribution in [3.63, 3.8) is 0 Å². The minimum absolute atomic E-state index is 0.817. The van der Waals surface area contributed by atoms with Gasteiger partial charge in [0.25, 0.3) is 0 Å². The number of pyridine rings is 1. The zero-order valence-corrected chi connectivity index (χ0v) is 12.0. The van der Waals surface area contributed by atoms with Crippen molar-refractivity contribution < 1.29 is 0 Å². The second-order valence-corrected chi connectivity index (χ2v) is 5.96. The first-order valence-corrected chi connectivity index (χ1v) is 7.62. The van der Waals surface area contributed by atoms with E-state index in [9.17, 15) is 0 Å². The summed E-state index contributed by atoms with van der Waals surface area (Å²) < 4.78 is 1.90. The third kappa shape index (κ3) is 2.06. The molecule has 2 saturated heterocycles. The summed E-state index contributed by atoms with van der Waals surface area (Å²) in [6.07, 6.45) is 6.07. The molecule has 0 bridgehead atoms. The van der Waals surface area contributed by atoms with E-state index in [1.165, 1.54) is 38.0 Å². The normalized spacial score (nSPS) is 21.4. The maximum Gasteiger partial charge on any atom is 0.155 e. The minimum Gasteiger partial charge on any atom is -0.370 e. The zero-order valence-electron chi connectivity index (χ0n) is 12.0. The first kappa shape index (κ1) is 12.1. The van der Waals surface area contributed by atoms with E-state index in [2.05, 4.69) is 38.2 Å². The zero-order chi connectivity index (χ0) is 13.5. The second-order valence-electron chi connectivity index (χ2n) is 5.96. The fraction of sp³-hybridized carbons (Fsp3) is 0.600. The molecule has 2 aliphatic heterocycles. The number of likely N-dealkylation sites (tertiary alicyclic amines) is 1. The monoisotopic (exact) mass is 271 g/mol. The quantitative estimate of drug-likeness (QED) is 0.833. The third-order valence-corrected chi connectivity index (χ3v) is 4.66. The van der Waals surface area contributed by atoms with Gasteiger partial charge in [0.2, 0.25) is 0 Å². The molecule has 0 aliphatic carbocycles. The fourth-order valence-corrected chi connectivity index (χ4v) is 3.37. The van der Waals surface area contributed by atoms with Crippen LogP contribution in [-0.4, -0.2) is 51.7 Å². The van der Waals surface area contributed by atoms with Gasteiger partial charge in [-0.25, -0.2) is 9.50 Å². The number of hydrogen-bond acceptors (Lipinski definition) is 4. The highest BCUT2D eigenvalue weighted by atomic mass is 15.3. The number of piperidine rings is 1. The average molecular weight is 271 g/mol. The van der Waals surface area contributed by atoms with Crippen molar-refractivity contribution in [2.45, 2.75) is 32.2 Å². The molecular formula is C15H21N5. The lowest BCUT2D eigenvalue weighted by Crippen LogP contribution is -2.50. The summed E-state index contributed by atoms with van der Waals surface area (Å²) in [4.78, 5) is 9.50. The van der Waals surface area contributed by atoms with Crippen LogP contribution in [-0.2, 0) is 0 Å². The number of rotatable bonds is 2. The van der Waals surface area contributed by atoms with E-state index >= 15 is 0 Å². The van der Waals surface area contributed by atoms with Gasteiger partial charge in [-0.1, -0.05) is 0 Å². The lowest BCUT2D eigenvalue weighted by Gasteiger charge is -2.43. The molecule has 20 heavy (non-hydrogen) atoms. The molecule has 0 atom stereocenters. The highest BCUT2D eigenvalue weighted by Gasteiger charge is 2.27. The lowest BCUT2D eigenvalue weighted by atomic mass is 9.99. The Kier molecular flexibility index (Phi) is 2.88. The topological polar surface area (TPSA) is 36.7 Å². The first-order valence-electron chi connectivity index (χ1n) is 7.62. The molecular weight excluding hydrogens is 250 g/mol. The van der Waals surface area contributed by atoms with Gasteiger partial charge in [-0.3, -0.25) is 0 Å². The number of nitrogens with zero attached hydrogens (tertiary/aromatic N) is 5. The molecule has 0 unspecified atom stereocenters. The van der Waals surface area contributed by atoms with Crippen molar-refractivity contribution >= 4 is 11.3 Å². The van der Waals surface area contributed by atoms with Crippen LogP contribution in [0.4, 0.5) is 5.69 Å². The number of anilines is 1. The van der Waals surface area contributed by atoms with E-state index < -0.39 is 0 Å². The Morgan fingerprint density at radius 3 is 2.60 bits per heavy atom. The Morgan fingerprint density at radius 1 is 1.10 bits per heavy atom. The number of fused-ring (bicyclic) bond motifs is 1. The minimum atomic E-state index is 0.817. The smallest absolute Gasteiger partial charge is 0.155 e. The van der Waals surface area contributed by atoms with E-state index in [-0.39, 0.29) is 0 Å². The highest BCUT2D eigenvalue weighted by molar-refractivity contribution is 5.51. The third-order valence-electron chi connectivity index (χ3n) is 4.66. The Bertz CT molecular complexity index is 608. The molecule has 2 aromatic rings. The van der Waals surface area contributed by atoms with E-state index in [1.54, 1.807) is 0 Å². The van der Waals surface area contributed by atoms with Gasteiger partial charge in [-0.2, -0.15) is 5.10 Å². The molecule has 0 N–H and O–H groups in total. The van der Waals surface area contributed by atoms with Crippen molar-refractivity contribution in [1.82, 2.24) is 19.5 Å². The molecule has 2 aromatic heterocycles. The standard InChI is InChI=1S/C15H21N5/c1-12-16-15-4-3-14(11-20(15)17-12)19-9-5-13(6-10-19)18-7-2-8-18/h3-4,11,13H,2,5-10H2,1H3. The van der Waals surface area contributed by atoms with Crippen molar-refractivity contribution in [3.05, 3.63) is 24.2 Å². The Balaban J connectivity index is 1.49. The van der Waals surface area contributed by atoms with Crippen molar-refractivity contribution in [2.75, 3.05) is 31.1 Å². The van der Waals surface area contributed by atoms with E-state index in [1.807, 2.05) is 11.4 Å². The largest absolute Gasteiger partial charge is 0.370 e. The fourth-order valence-electron chi connectivity index (χ4n) is 3.37. The molecule has 0 amide bonds. The van der Waals surface area contributed by atoms with Crippen molar-refractivity contribution in [3.8, 4) is 0 Å². The number of aryl methyl sites for hydroxylation is 1. The molecule has 5 heteroatoms. The van der Waals surface area contributed by atoms with Gasteiger partial charge in [-0.15, -0.1) is 0 Å². The van der Waals surface area contributed by atoms with Crippen LogP contribution >= 0.6 is 0 Å². The molecule has 0 aromatic carbocycles. The molecule has 2 fully saturated rings. The molecule has 4 heterocycles. The summed E-state index contributed by atoms with van der Waals surface area (Å²) in [6, 6.07) is 5.06. The van der Waals surface area contributed by atoms with Crippen LogP contribution in [0.3, 0.4) is 0 Å². The molecule has 106 valence electrons. The maximum atomic E-state index is 4.40. The Labute approximate surface area is 119 Å². The summed E-state index contributed by atoms with van der Waals surface area (Å²) in [5.41, 5.74) is 2.20. The summed E-state index contributed by atoms with van der Waals surface area (Å²) >= 11 is 0. The molecule has 4 rings (SSSR count). The van der Waals surface area contributed by atoms with Crippen LogP contribution in [0.25, 0.3) is 5.65 Å². The van der Waals surface area contributed by atoms with Crippen LogP contribution in [0.15, 0.2) is 18.3 Å². The van der Waals surface area contributed by atoms with Gasteiger partial charge in [-0.05, 0) is 51.4 Å². The molecule has 2 aliphatic rings. The number of aromatic nitrogens is 3. The number of hydrogen-bond donors (Lipinski definition) is 0. The van der Waals surface area contributed by atoms with Gasteiger partial charge in [0, 0.05) is 19.1 Å². The van der Waals surface area contributed by atoms with Crippen LogP contribution in [0, 0.1) is 6.92 Å². The van der Waals surface area contributed by atoms with Crippen LogP contribution in [0.2, 0.25) is 0 Å². The average Bonchev–Trinajstić information content (AvgIpc) is 2.76. The summed E-state index contributed by atoms with van der Waals surface area (Å²) in [7, 11) is 0. The Hall–Kier alpha value is -1.62. The molecule has 0 spiro atoms. The molecule has 5 nitrogen and oxygen atoms in total. The van der Waals surface area contributed by atoms with Crippen LogP contribution < -0.4 is 4.90 Å². The lowest BCUT2D eigenvalue weighted by molar-refractivity contribution is 0.100. The Morgan fingerprint density at radius 2 is 1.90 bits per heavy atom. The SMILES string of the molecule is Cc1nc2ccc(N3CCC(N4CCC4)CC3)cn2n1. The van der Waals surface area contributed by atoms with Crippen LogP contribution in [0.1, 0.15) is 25.1 Å². The van der Waals surface area contributed by atoms with Crippen molar-refractivity contribution in [2.24, 2.45) is 0 Å². The summed E-state index contributed by atoms with van der Waals surface area (Å²) in [5, 5.41) is 4.40. The predicted molar refractivity (Wildman–Crippen MR) is 79.1 cm³/mol. The first-order chi connectivity index (χ1) is 9.79. The van der Waals surface area contributed by atoms with Crippen LogP contribution in [0.5, 0.6) is 0 Å². The van der Waals surface area contributed by atoms with Gasteiger partial charge >= 0.3 is 0 Å². The predicted octanol–water partition coefficient (Wildman–Crippen LogP) is 1.71. The maximum absolute atomic E-state index is 4.40. The van der Waals surface area contributed by atoms with E-state index in [0.29, 0.717) is 0 Å². The summed E-state index contributed by atoms with van der Waals surface area (Å²) in [6.45, 7) is 6.87.